The van der Waals surface area contributed by atoms with E-state index in [9.17, 15) is 4.79 Å². The van der Waals surface area contributed by atoms with Crippen molar-refractivity contribution in [2.24, 2.45) is 0 Å². The average molecular weight is 424 g/mol. The second kappa shape index (κ2) is 8.59. The van der Waals surface area contributed by atoms with E-state index >= 15 is 0 Å². The van der Waals surface area contributed by atoms with E-state index in [4.69, 9.17) is 0 Å². The Balaban J connectivity index is 1.32. The van der Waals surface area contributed by atoms with Crippen molar-refractivity contribution in [1.82, 2.24) is 20.6 Å². The van der Waals surface area contributed by atoms with Crippen LogP contribution in [0.5, 0.6) is 0 Å². The van der Waals surface area contributed by atoms with Crippen molar-refractivity contribution in [1.29, 1.82) is 0 Å². The van der Waals surface area contributed by atoms with E-state index < -0.39 is 0 Å². The third kappa shape index (κ3) is 4.72. The first-order chi connectivity index (χ1) is 14.1. The van der Waals surface area contributed by atoms with Gasteiger partial charge in [0.15, 0.2) is 5.13 Å². The van der Waals surface area contributed by atoms with E-state index in [1.54, 1.807) is 28.9 Å². The van der Waals surface area contributed by atoms with E-state index in [2.05, 4.69) is 25.9 Å². The lowest BCUT2D eigenvalue weighted by atomic mass is 10.1. The van der Waals surface area contributed by atoms with Crippen molar-refractivity contribution in [3.05, 3.63) is 75.9 Å². The predicted octanol–water partition coefficient (Wildman–Crippen LogP) is 3.98. The Labute approximate surface area is 177 Å². The molecule has 6 nitrogen and oxygen atoms in total. The Bertz CT molecular complexity index is 1070. The van der Waals surface area contributed by atoms with Gasteiger partial charge in [-0.05, 0) is 31.6 Å². The SMILES string of the molecule is Cc1nc(C)c(-c2csc(NC3C=CC(C(=O)NCc4ccccc4)=CN3)n2)s1. The molecule has 1 aliphatic heterocycles. The van der Waals surface area contributed by atoms with Crippen molar-refractivity contribution in [2.75, 3.05) is 5.32 Å². The van der Waals surface area contributed by atoms with Gasteiger partial charge in [0, 0.05) is 18.1 Å². The summed E-state index contributed by atoms with van der Waals surface area (Å²) in [4.78, 5) is 22.6. The van der Waals surface area contributed by atoms with Crippen LogP contribution in [0.3, 0.4) is 0 Å². The Hall–Kier alpha value is -2.97. The maximum atomic E-state index is 12.3. The molecule has 4 rings (SSSR count). The summed E-state index contributed by atoms with van der Waals surface area (Å²) < 4.78 is 0. The molecule has 1 aromatic carbocycles. The number of anilines is 1. The zero-order valence-corrected chi connectivity index (χ0v) is 17.7. The van der Waals surface area contributed by atoms with E-state index in [1.807, 2.05) is 61.7 Å². The van der Waals surface area contributed by atoms with Gasteiger partial charge in [-0.15, -0.1) is 22.7 Å². The van der Waals surface area contributed by atoms with Gasteiger partial charge >= 0.3 is 0 Å². The molecule has 1 unspecified atom stereocenters. The minimum absolute atomic E-state index is 0.108. The van der Waals surface area contributed by atoms with Crippen molar-refractivity contribution < 1.29 is 4.79 Å². The topological polar surface area (TPSA) is 78.9 Å². The lowest BCUT2D eigenvalue weighted by Gasteiger charge is -2.19. The highest BCUT2D eigenvalue weighted by Gasteiger charge is 2.15. The van der Waals surface area contributed by atoms with Crippen molar-refractivity contribution in [3.63, 3.8) is 0 Å². The quantitative estimate of drug-likeness (QED) is 0.559. The molecule has 0 spiro atoms. The first kappa shape index (κ1) is 19.4. The lowest BCUT2D eigenvalue weighted by Crippen LogP contribution is -2.35. The molecular formula is C21H21N5OS2. The third-order valence-electron chi connectivity index (χ3n) is 4.36. The van der Waals surface area contributed by atoms with Gasteiger partial charge < -0.3 is 16.0 Å². The summed E-state index contributed by atoms with van der Waals surface area (Å²) in [5, 5.41) is 13.4. The predicted molar refractivity (Wildman–Crippen MR) is 119 cm³/mol. The van der Waals surface area contributed by atoms with E-state index in [0.717, 1.165) is 32.0 Å². The molecule has 0 saturated carbocycles. The van der Waals surface area contributed by atoms with Crippen LogP contribution in [0, 0.1) is 13.8 Å². The van der Waals surface area contributed by atoms with E-state index in [-0.39, 0.29) is 12.1 Å². The number of amides is 1. The number of carbonyl (C=O) groups excluding carboxylic acids is 1. The number of hydrogen-bond acceptors (Lipinski definition) is 7. The van der Waals surface area contributed by atoms with Crippen LogP contribution in [-0.4, -0.2) is 22.0 Å². The largest absolute Gasteiger partial charge is 0.367 e. The Morgan fingerprint density at radius 1 is 1.21 bits per heavy atom. The van der Waals surface area contributed by atoms with Crippen LogP contribution in [0.2, 0.25) is 0 Å². The molecule has 2 aromatic heterocycles. The molecule has 0 saturated heterocycles. The molecule has 29 heavy (non-hydrogen) atoms. The number of carbonyl (C=O) groups is 1. The van der Waals surface area contributed by atoms with Gasteiger partial charge in [0.25, 0.3) is 5.91 Å². The highest BCUT2D eigenvalue weighted by atomic mass is 32.1. The van der Waals surface area contributed by atoms with Crippen molar-refractivity contribution in [3.8, 4) is 10.6 Å². The molecule has 148 valence electrons. The van der Waals surface area contributed by atoms with Gasteiger partial charge in [-0.25, -0.2) is 9.97 Å². The lowest BCUT2D eigenvalue weighted by molar-refractivity contribution is -0.117. The molecular weight excluding hydrogens is 402 g/mol. The van der Waals surface area contributed by atoms with Crippen LogP contribution in [0.4, 0.5) is 5.13 Å². The van der Waals surface area contributed by atoms with Crippen LogP contribution in [0.25, 0.3) is 10.6 Å². The van der Waals surface area contributed by atoms with Gasteiger partial charge in [0.05, 0.1) is 26.8 Å². The minimum Gasteiger partial charge on any atom is -0.367 e. The second-order valence-electron chi connectivity index (χ2n) is 6.60. The Morgan fingerprint density at radius 3 is 2.72 bits per heavy atom. The summed E-state index contributed by atoms with van der Waals surface area (Å²) in [6.45, 7) is 4.51. The van der Waals surface area contributed by atoms with Gasteiger partial charge in [-0.1, -0.05) is 30.3 Å². The second-order valence-corrected chi connectivity index (χ2v) is 8.66. The number of hydrogen-bond donors (Lipinski definition) is 3. The fraction of sp³-hybridized carbons (Fsp3) is 0.190. The zero-order valence-electron chi connectivity index (χ0n) is 16.1. The van der Waals surface area contributed by atoms with Gasteiger partial charge in [-0.3, -0.25) is 4.79 Å². The molecule has 1 amide bonds. The van der Waals surface area contributed by atoms with E-state index in [1.165, 1.54) is 0 Å². The number of nitrogens with one attached hydrogen (secondary N) is 3. The van der Waals surface area contributed by atoms with Crippen LogP contribution < -0.4 is 16.0 Å². The highest BCUT2D eigenvalue weighted by Crippen LogP contribution is 2.32. The number of thiazole rings is 2. The van der Waals surface area contributed by atoms with Crippen molar-refractivity contribution in [2.45, 2.75) is 26.6 Å². The Morgan fingerprint density at radius 2 is 2.03 bits per heavy atom. The molecule has 1 atom stereocenters. The van der Waals surface area contributed by atoms with Gasteiger partial charge in [0.2, 0.25) is 0 Å². The molecule has 1 aliphatic rings. The number of dihydropyridines is 1. The minimum atomic E-state index is -0.121. The molecule has 0 fully saturated rings. The summed E-state index contributed by atoms with van der Waals surface area (Å²) in [6.07, 6.45) is 5.34. The number of aryl methyl sites for hydroxylation is 2. The molecule has 0 bridgehead atoms. The normalized spacial score (nSPS) is 15.5. The average Bonchev–Trinajstić information content (AvgIpc) is 3.33. The van der Waals surface area contributed by atoms with Crippen LogP contribution >= 0.6 is 22.7 Å². The third-order valence-corrected chi connectivity index (χ3v) is 6.23. The van der Waals surface area contributed by atoms with Crippen LogP contribution in [0.1, 0.15) is 16.3 Å². The standard InChI is InChI=1S/C21H21N5OS2/c1-13-19(29-14(2)24-13)17-12-28-21(25-17)26-18-9-8-16(11-22-18)20(27)23-10-15-6-4-3-5-7-15/h3-9,11-12,18,22H,10H2,1-2H3,(H,23,27)(H,25,26). The van der Waals surface area contributed by atoms with Gasteiger partial charge in [-0.2, -0.15) is 0 Å². The van der Waals surface area contributed by atoms with Crippen LogP contribution in [0.15, 0.2) is 59.6 Å². The first-order valence-electron chi connectivity index (χ1n) is 9.21. The number of benzene rings is 1. The summed E-state index contributed by atoms with van der Waals surface area (Å²) in [5.41, 5.74) is 3.61. The summed E-state index contributed by atoms with van der Waals surface area (Å²) >= 11 is 3.21. The number of rotatable bonds is 6. The summed E-state index contributed by atoms with van der Waals surface area (Å²) in [5.74, 6) is -0.108. The van der Waals surface area contributed by atoms with Crippen molar-refractivity contribution >= 4 is 33.7 Å². The molecule has 3 heterocycles. The molecule has 0 radical (unpaired) electrons. The highest BCUT2D eigenvalue weighted by molar-refractivity contribution is 7.16. The molecule has 3 N–H and O–H groups in total. The molecule has 8 heteroatoms. The fourth-order valence-corrected chi connectivity index (χ4v) is 4.64. The number of aromatic nitrogens is 2. The van der Waals surface area contributed by atoms with E-state index in [0.29, 0.717) is 12.1 Å². The Kier molecular flexibility index (Phi) is 5.73. The monoisotopic (exact) mass is 423 g/mol. The first-order valence-corrected chi connectivity index (χ1v) is 10.9. The maximum Gasteiger partial charge on any atom is 0.253 e. The fourth-order valence-electron chi connectivity index (χ4n) is 2.94. The number of nitrogens with zero attached hydrogens (tertiary/aromatic N) is 2. The maximum absolute atomic E-state index is 12.3. The smallest absolute Gasteiger partial charge is 0.253 e. The summed E-state index contributed by atoms with van der Waals surface area (Å²) in [6, 6.07) is 9.85. The molecule has 3 aromatic rings. The zero-order chi connectivity index (χ0) is 20.2. The van der Waals surface area contributed by atoms with Gasteiger partial charge in [0.1, 0.15) is 6.17 Å². The summed E-state index contributed by atoms with van der Waals surface area (Å²) in [7, 11) is 0. The molecule has 0 aliphatic carbocycles. The van der Waals surface area contributed by atoms with Crippen LogP contribution in [-0.2, 0) is 11.3 Å².